The summed E-state index contributed by atoms with van der Waals surface area (Å²) < 4.78 is 38.1. The average molecular weight is 514 g/mol. The first-order chi connectivity index (χ1) is 16.2. The molecule has 6 bridgehead atoms. The number of carboxylic acid groups (broad SMARTS) is 1. The van der Waals surface area contributed by atoms with Crippen molar-refractivity contribution in [2.45, 2.75) is 89.8 Å². The summed E-state index contributed by atoms with van der Waals surface area (Å²) in [6.45, 7) is 5.95. The van der Waals surface area contributed by atoms with Crippen molar-refractivity contribution < 1.29 is 36.4 Å². The number of nitrogens with two attached hydrogens (primary N) is 1. The van der Waals surface area contributed by atoms with Crippen molar-refractivity contribution >= 4 is 28.3 Å². The normalized spacial score (nSPS) is 40.4. The van der Waals surface area contributed by atoms with E-state index in [1.807, 2.05) is 20.8 Å². The van der Waals surface area contributed by atoms with Gasteiger partial charge in [-0.25, -0.2) is 8.98 Å². The molecule has 35 heavy (non-hydrogen) atoms. The molecular formula is C23H35N3O8S. The zero-order valence-electron chi connectivity index (χ0n) is 20.4. The zero-order chi connectivity index (χ0) is 25.6. The third-order valence-electron chi connectivity index (χ3n) is 8.92. The van der Waals surface area contributed by atoms with Gasteiger partial charge in [0.15, 0.2) is 0 Å². The molecule has 6 fully saturated rings. The van der Waals surface area contributed by atoms with E-state index in [0.29, 0.717) is 25.7 Å². The van der Waals surface area contributed by atoms with Crippen LogP contribution in [0.2, 0.25) is 0 Å². The number of amides is 3. The first-order valence-electron chi connectivity index (χ1n) is 12.4. The van der Waals surface area contributed by atoms with Gasteiger partial charge in [-0.15, -0.1) is 4.28 Å². The molecule has 3 amide bonds. The molecule has 6 rings (SSSR count). The summed E-state index contributed by atoms with van der Waals surface area (Å²) in [6, 6.07) is -2.14. The number of nitrogens with zero attached hydrogens (tertiary/aromatic N) is 2. The fourth-order valence-corrected chi connectivity index (χ4v) is 9.17. The molecule has 2 aliphatic heterocycles. The van der Waals surface area contributed by atoms with Crippen LogP contribution >= 0.6 is 0 Å². The van der Waals surface area contributed by atoms with Crippen molar-refractivity contribution in [3.05, 3.63) is 0 Å². The van der Waals surface area contributed by atoms with Crippen LogP contribution in [-0.4, -0.2) is 65.6 Å². The largest absolute Gasteiger partial charge is 0.481 e. The minimum Gasteiger partial charge on any atom is -0.481 e. The number of rotatable bonds is 7. The summed E-state index contributed by atoms with van der Waals surface area (Å²) in [5.74, 6) is -1.44. The predicted molar refractivity (Wildman–Crippen MR) is 121 cm³/mol. The lowest BCUT2D eigenvalue weighted by atomic mass is 9.41. The van der Waals surface area contributed by atoms with E-state index in [1.165, 1.54) is 4.90 Å². The molecule has 6 aliphatic rings. The lowest BCUT2D eigenvalue weighted by molar-refractivity contribution is -0.237. The van der Waals surface area contributed by atoms with E-state index in [-0.39, 0.29) is 30.7 Å². The minimum atomic E-state index is -4.82. The molecule has 0 aromatic heterocycles. The Balaban J connectivity index is 1.48. The van der Waals surface area contributed by atoms with Crippen molar-refractivity contribution in [3.63, 3.8) is 0 Å². The Labute approximate surface area is 205 Å². The Morgan fingerprint density at radius 1 is 1.14 bits per heavy atom. The maximum absolute atomic E-state index is 13.4. The molecule has 4 aliphatic carbocycles. The van der Waals surface area contributed by atoms with Crippen molar-refractivity contribution in [2.24, 2.45) is 34.3 Å². The van der Waals surface area contributed by atoms with Crippen LogP contribution in [0.5, 0.6) is 0 Å². The summed E-state index contributed by atoms with van der Waals surface area (Å²) in [5, 5.41) is 11.3. The molecule has 0 aromatic carbocycles. The van der Waals surface area contributed by atoms with Crippen LogP contribution in [0.3, 0.4) is 0 Å². The molecule has 0 radical (unpaired) electrons. The lowest BCUT2D eigenvalue weighted by Crippen LogP contribution is -2.69. The molecule has 5 atom stereocenters. The third kappa shape index (κ3) is 3.83. The molecule has 4 saturated carbocycles. The van der Waals surface area contributed by atoms with Gasteiger partial charge in [0.25, 0.3) is 0 Å². The highest BCUT2D eigenvalue weighted by atomic mass is 32.3. The Morgan fingerprint density at radius 2 is 1.77 bits per heavy atom. The first-order valence-corrected chi connectivity index (χ1v) is 13.8. The number of carboxylic acids is 1. The van der Waals surface area contributed by atoms with Gasteiger partial charge < -0.3 is 15.7 Å². The Hall–Kier alpha value is -1.92. The maximum Gasteiger partial charge on any atom is 0.421 e. The van der Waals surface area contributed by atoms with Gasteiger partial charge in [0.1, 0.15) is 11.6 Å². The number of piperidine rings is 1. The molecule has 3 N–H and O–H groups in total. The van der Waals surface area contributed by atoms with Crippen LogP contribution in [0.1, 0.15) is 72.1 Å². The smallest absolute Gasteiger partial charge is 0.421 e. The number of fused-ring (bicyclic) bond motifs is 2. The monoisotopic (exact) mass is 513 g/mol. The van der Waals surface area contributed by atoms with Gasteiger partial charge in [0.2, 0.25) is 5.91 Å². The van der Waals surface area contributed by atoms with Gasteiger partial charge in [-0.05, 0) is 74.5 Å². The number of hydrogen-bond donors (Lipinski definition) is 2. The van der Waals surface area contributed by atoms with Gasteiger partial charge in [0.05, 0.1) is 11.5 Å². The highest BCUT2D eigenvalue weighted by Gasteiger charge is 2.72. The van der Waals surface area contributed by atoms with E-state index in [9.17, 15) is 27.9 Å². The van der Waals surface area contributed by atoms with Crippen LogP contribution in [0, 0.1) is 28.6 Å². The summed E-state index contributed by atoms with van der Waals surface area (Å²) in [4.78, 5) is 38.7. The number of hydrogen-bond acceptors (Lipinski definition) is 7. The molecule has 0 aromatic rings. The van der Waals surface area contributed by atoms with E-state index in [4.69, 9.17) is 14.2 Å². The van der Waals surface area contributed by atoms with Gasteiger partial charge in [0, 0.05) is 6.54 Å². The highest BCUT2D eigenvalue weighted by molar-refractivity contribution is 7.81. The van der Waals surface area contributed by atoms with Gasteiger partial charge >= 0.3 is 22.4 Å². The number of urea groups is 1. The van der Waals surface area contributed by atoms with E-state index in [0.717, 1.165) is 24.3 Å². The minimum absolute atomic E-state index is 0.125. The fraction of sp³-hybridized carbons (Fsp3) is 0.870. The number of carbonyl (C=O) groups excluding carboxylic acids is 2. The number of aliphatic carboxylic acids is 1. The average Bonchev–Trinajstić information content (AvgIpc) is 2.93. The quantitative estimate of drug-likeness (QED) is 0.523. The van der Waals surface area contributed by atoms with Crippen molar-refractivity contribution in [1.29, 1.82) is 0 Å². The van der Waals surface area contributed by atoms with Crippen LogP contribution in [-0.2, 0) is 28.5 Å². The first kappa shape index (κ1) is 24.8. The molecule has 3 unspecified atom stereocenters. The van der Waals surface area contributed by atoms with E-state index >= 15 is 0 Å². The van der Waals surface area contributed by atoms with Crippen LogP contribution in [0.25, 0.3) is 0 Å². The Bertz CT molecular complexity index is 1040. The number of hydroxylamine groups is 2. The SMILES string of the molecule is CC(C)(C)CC1(OS(=O)(=O)ON2C(=O)N3C[C@H]2CC[C@H]3C(N)=O)C2CC3CC(C2)CC1(C(=O)O)C3. The molecule has 12 heteroatoms. The second kappa shape index (κ2) is 7.79. The molecule has 0 spiro atoms. The predicted octanol–water partition coefficient (Wildman–Crippen LogP) is 2.02. The topological polar surface area (TPSA) is 157 Å². The van der Waals surface area contributed by atoms with Crippen molar-refractivity contribution in [1.82, 2.24) is 9.96 Å². The van der Waals surface area contributed by atoms with Gasteiger partial charge in [-0.2, -0.15) is 13.5 Å². The van der Waals surface area contributed by atoms with Gasteiger partial charge in [-0.1, -0.05) is 20.8 Å². The summed E-state index contributed by atoms with van der Waals surface area (Å²) in [7, 11) is -4.82. The number of primary amides is 1. The maximum atomic E-state index is 13.4. The summed E-state index contributed by atoms with van der Waals surface area (Å²) >= 11 is 0. The third-order valence-corrected chi connectivity index (χ3v) is 9.77. The summed E-state index contributed by atoms with van der Waals surface area (Å²) in [5.41, 5.74) is 2.17. The van der Waals surface area contributed by atoms with Crippen molar-refractivity contribution in [3.8, 4) is 0 Å². The van der Waals surface area contributed by atoms with Gasteiger partial charge in [-0.3, -0.25) is 9.59 Å². The highest BCUT2D eigenvalue weighted by Crippen LogP contribution is 2.68. The van der Waals surface area contributed by atoms with Crippen molar-refractivity contribution in [2.75, 3.05) is 6.54 Å². The molecular weight excluding hydrogens is 478 g/mol. The number of carbonyl (C=O) groups is 3. The van der Waals surface area contributed by atoms with Crippen LogP contribution in [0.4, 0.5) is 4.79 Å². The van der Waals surface area contributed by atoms with Crippen LogP contribution in [0.15, 0.2) is 0 Å². The molecule has 11 nitrogen and oxygen atoms in total. The summed E-state index contributed by atoms with van der Waals surface area (Å²) in [6.07, 6.45) is 4.05. The van der Waals surface area contributed by atoms with E-state index < -0.39 is 56.8 Å². The molecule has 2 saturated heterocycles. The second-order valence-corrected chi connectivity index (χ2v) is 13.7. The molecule has 2 heterocycles. The Morgan fingerprint density at radius 3 is 2.31 bits per heavy atom. The zero-order valence-corrected chi connectivity index (χ0v) is 21.3. The standard InChI is InChI=1S/C23H35N3O8S/c1-21(2,3)12-23(15-7-13-6-14(8-15)10-22(23,9-13)19(28)29)33-35(31,32)34-26-16-4-5-17(18(24)27)25(11-16)20(26)30/h13-17H,4-12H2,1-3H3,(H2,24,27)(H,28,29)/t13?,14?,15?,16-,17+,22?,23?/m1/s1. The van der Waals surface area contributed by atoms with E-state index in [2.05, 4.69) is 0 Å². The van der Waals surface area contributed by atoms with Crippen LogP contribution < -0.4 is 5.73 Å². The fourth-order valence-electron chi connectivity index (χ4n) is 8.04. The Kier molecular flexibility index (Phi) is 5.51. The lowest BCUT2D eigenvalue weighted by Gasteiger charge is -2.65. The second-order valence-electron chi connectivity index (χ2n) is 12.5. The molecule has 196 valence electrons. The van der Waals surface area contributed by atoms with E-state index in [1.54, 1.807) is 0 Å².